The number of aromatic amines is 1. The highest BCUT2D eigenvalue weighted by Gasteiger charge is 2.70. The summed E-state index contributed by atoms with van der Waals surface area (Å²) in [6.45, 7) is 8.64. The number of para-hydroxylation sites is 1. The van der Waals surface area contributed by atoms with Crippen molar-refractivity contribution < 1.29 is 14.6 Å². The molecule has 1 aromatic heterocycles. The van der Waals surface area contributed by atoms with Gasteiger partial charge in [0.15, 0.2) is 5.78 Å². The van der Waals surface area contributed by atoms with E-state index in [-0.39, 0.29) is 10.8 Å². The maximum atomic E-state index is 13.6. The van der Waals surface area contributed by atoms with Crippen LogP contribution in [0.5, 0.6) is 0 Å². The third kappa shape index (κ3) is 2.06. The Morgan fingerprint density at radius 2 is 1.58 bits per heavy atom. The van der Waals surface area contributed by atoms with Gasteiger partial charge in [-0.2, -0.15) is 0 Å². The van der Waals surface area contributed by atoms with E-state index in [2.05, 4.69) is 49.3 Å². The van der Waals surface area contributed by atoms with E-state index in [4.69, 9.17) is 0 Å². The molecule has 0 radical (unpaired) electrons. The first-order valence-electron chi connectivity index (χ1n) is 10.4. The number of ketones is 1. The van der Waals surface area contributed by atoms with Gasteiger partial charge in [-0.25, -0.2) is 0 Å². The van der Waals surface area contributed by atoms with Crippen molar-refractivity contribution in [3.05, 3.63) is 36.0 Å². The zero-order chi connectivity index (χ0) is 17.9. The van der Waals surface area contributed by atoms with Gasteiger partial charge in [-0.3, -0.25) is 14.6 Å². The SMILES string of the molecule is CCCC12C[NH+]3CC(CCC)(C[NH+](C1)C3c1c[nH]c3ccccc13)C2=O. The van der Waals surface area contributed by atoms with Crippen molar-refractivity contribution in [2.24, 2.45) is 10.8 Å². The van der Waals surface area contributed by atoms with E-state index >= 15 is 0 Å². The smallest absolute Gasteiger partial charge is 0.242 e. The third-order valence-corrected chi connectivity index (χ3v) is 7.43. The fraction of sp³-hybridized carbons (Fsp3) is 0.591. The highest BCUT2D eigenvalue weighted by atomic mass is 16.1. The van der Waals surface area contributed by atoms with E-state index in [0.717, 1.165) is 51.9 Å². The molecule has 0 spiro atoms. The Kier molecular flexibility index (Phi) is 3.60. The van der Waals surface area contributed by atoms with Crippen LogP contribution in [0.2, 0.25) is 0 Å². The number of hydrogen-bond acceptors (Lipinski definition) is 1. The molecule has 4 aliphatic heterocycles. The molecule has 5 heterocycles. The summed E-state index contributed by atoms with van der Waals surface area (Å²) in [4.78, 5) is 20.4. The van der Waals surface area contributed by atoms with Gasteiger partial charge in [0.25, 0.3) is 0 Å². The monoisotopic (exact) mass is 353 g/mol. The van der Waals surface area contributed by atoms with Crippen molar-refractivity contribution in [2.45, 2.75) is 45.7 Å². The van der Waals surface area contributed by atoms with Crippen molar-refractivity contribution >= 4 is 16.7 Å². The first kappa shape index (κ1) is 16.5. The van der Waals surface area contributed by atoms with Crippen LogP contribution < -0.4 is 9.80 Å². The van der Waals surface area contributed by atoms with Crippen molar-refractivity contribution in [1.82, 2.24) is 4.98 Å². The van der Waals surface area contributed by atoms with Crippen LogP contribution in [0.25, 0.3) is 10.9 Å². The number of carbonyl (C=O) groups excluding carboxylic acids is 1. The first-order valence-corrected chi connectivity index (χ1v) is 10.4. The normalized spacial score (nSPS) is 38.4. The second-order valence-electron chi connectivity index (χ2n) is 9.14. The number of quaternary nitrogens is 2. The number of hydrogen-bond donors (Lipinski definition) is 3. The van der Waals surface area contributed by atoms with E-state index in [9.17, 15) is 4.79 Å². The Bertz CT molecular complexity index is 810. The maximum absolute atomic E-state index is 13.6. The van der Waals surface area contributed by atoms with Gasteiger partial charge in [0.05, 0.1) is 5.56 Å². The van der Waals surface area contributed by atoms with Gasteiger partial charge >= 0.3 is 0 Å². The van der Waals surface area contributed by atoms with Crippen molar-refractivity contribution in [1.29, 1.82) is 0 Å². The molecule has 4 aliphatic rings. The van der Waals surface area contributed by atoms with Crippen LogP contribution in [0.3, 0.4) is 0 Å². The quantitative estimate of drug-likeness (QED) is 0.741. The number of Topliss-reactive ketones (excluding diaryl/α,β-unsaturated/α-hetero) is 1. The van der Waals surface area contributed by atoms with Crippen molar-refractivity contribution in [3.8, 4) is 0 Å². The molecule has 0 amide bonds. The molecule has 0 saturated carbocycles. The standard InChI is InChI=1S/C22H29N3O/c1-3-9-21-12-24-14-22(10-4-2,20(21)26)15-25(13-21)19(24)17-11-23-18-8-6-5-7-16(17)18/h5-8,11,19,23H,3-4,9-10,12-15H2,1-2H3/p+2. The zero-order valence-electron chi connectivity index (χ0n) is 16.0. The minimum absolute atomic E-state index is 0.0618. The van der Waals surface area contributed by atoms with Gasteiger partial charge < -0.3 is 4.98 Å². The molecule has 26 heavy (non-hydrogen) atoms. The van der Waals surface area contributed by atoms with Gasteiger partial charge in [-0.1, -0.05) is 44.9 Å². The Morgan fingerprint density at radius 3 is 2.15 bits per heavy atom. The number of carbonyl (C=O) groups is 1. The van der Waals surface area contributed by atoms with Crippen molar-refractivity contribution in [2.75, 3.05) is 26.2 Å². The first-order chi connectivity index (χ1) is 12.6. The van der Waals surface area contributed by atoms with Crippen LogP contribution >= 0.6 is 0 Å². The number of aromatic nitrogens is 1. The summed E-state index contributed by atoms with van der Waals surface area (Å²) in [6, 6.07) is 8.67. The molecule has 4 heteroatoms. The van der Waals surface area contributed by atoms with E-state index in [1.54, 1.807) is 9.80 Å². The molecule has 1 aromatic carbocycles. The molecule has 3 N–H and O–H groups in total. The van der Waals surface area contributed by atoms with Gasteiger partial charge in [-0.05, 0) is 18.9 Å². The maximum Gasteiger partial charge on any atom is 0.242 e. The van der Waals surface area contributed by atoms with Gasteiger partial charge in [0.2, 0.25) is 6.17 Å². The summed E-state index contributed by atoms with van der Waals surface area (Å²) in [5.41, 5.74) is 2.57. The minimum Gasteiger partial charge on any atom is -0.360 e. The molecule has 138 valence electrons. The molecule has 6 rings (SSSR count). The summed E-state index contributed by atoms with van der Waals surface area (Å²) in [7, 11) is 0. The predicted molar refractivity (Wildman–Crippen MR) is 102 cm³/mol. The Balaban J connectivity index is 1.58. The predicted octanol–water partition coefficient (Wildman–Crippen LogP) is 1.12. The number of nitrogens with one attached hydrogen (secondary N) is 3. The zero-order valence-corrected chi connectivity index (χ0v) is 16.0. The van der Waals surface area contributed by atoms with Crippen LogP contribution in [-0.2, 0) is 4.79 Å². The van der Waals surface area contributed by atoms with Crippen LogP contribution in [0, 0.1) is 10.8 Å². The number of rotatable bonds is 5. The molecule has 4 nitrogen and oxygen atoms in total. The summed E-state index contributed by atoms with van der Waals surface area (Å²) < 4.78 is 0. The number of benzene rings is 1. The Morgan fingerprint density at radius 1 is 1.00 bits per heavy atom. The van der Waals surface area contributed by atoms with E-state index in [1.807, 2.05) is 0 Å². The highest BCUT2D eigenvalue weighted by molar-refractivity contribution is 5.92. The molecule has 0 atom stereocenters. The van der Waals surface area contributed by atoms with Crippen LogP contribution in [-0.4, -0.2) is 36.9 Å². The van der Waals surface area contributed by atoms with E-state index in [0.29, 0.717) is 11.9 Å². The van der Waals surface area contributed by atoms with Gasteiger partial charge in [-0.15, -0.1) is 0 Å². The molecule has 4 fully saturated rings. The Hall–Kier alpha value is -1.65. The molecule has 2 aromatic rings. The largest absolute Gasteiger partial charge is 0.360 e. The summed E-state index contributed by atoms with van der Waals surface area (Å²) in [5.74, 6) is 0.624. The number of fused-ring (bicyclic) bond motifs is 1. The number of H-pyrrole nitrogens is 1. The second kappa shape index (κ2) is 5.67. The lowest BCUT2D eigenvalue weighted by Crippen LogP contribution is -3.41. The summed E-state index contributed by atoms with van der Waals surface area (Å²) in [5, 5.41) is 1.37. The van der Waals surface area contributed by atoms with Crippen LogP contribution in [0.15, 0.2) is 30.5 Å². The van der Waals surface area contributed by atoms with Gasteiger partial charge in [0, 0.05) is 17.1 Å². The fourth-order valence-electron chi connectivity index (χ4n) is 6.88. The molecule has 4 bridgehead atoms. The minimum atomic E-state index is -0.0618. The Labute approximate surface area is 155 Å². The molecular formula is C22H31N3O+2. The summed E-state index contributed by atoms with van der Waals surface area (Å²) >= 11 is 0. The fourth-order valence-corrected chi connectivity index (χ4v) is 6.88. The highest BCUT2D eigenvalue weighted by Crippen LogP contribution is 2.42. The molecular weight excluding hydrogens is 322 g/mol. The van der Waals surface area contributed by atoms with Crippen molar-refractivity contribution in [3.63, 3.8) is 0 Å². The lowest BCUT2D eigenvalue weighted by atomic mass is 9.57. The average molecular weight is 354 g/mol. The van der Waals surface area contributed by atoms with Crippen LogP contribution in [0.1, 0.15) is 51.3 Å². The van der Waals surface area contributed by atoms with Crippen LogP contribution in [0.4, 0.5) is 0 Å². The molecule has 0 aliphatic carbocycles. The topological polar surface area (TPSA) is 41.7 Å². The lowest BCUT2D eigenvalue weighted by molar-refractivity contribution is -1.18. The van der Waals surface area contributed by atoms with E-state index < -0.39 is 0 Å². The lowest BCUT2D eigenvalue weighted by Gasteiger charge is -2.60. The second-order valence-corrected chi connectivity index (χ2v) is 9.14. The van der Waals surface area contributed by atoms with Gasteiger partial charge in [0.1, 0.15) is 37.0 Å². The molecule has 4 saturated heterocycles. The summed E-state index contributed by atoms with van der Waals surface area (Å²) in [6.07, 6.45) is 7.10. The number of piperidine rings is 2. The molecule has 0 unspecified atom stereocenters. The average Bonchev–Trinajstić information content (AvgIpc) is 3.03. The van der Waals surface area contributed by atoms with E-state index in [1.165, 1.54) is 16.5 Å². The third-order valence-electron chi connectivity index (χ3n) is 7.43.